The summed E-state index contributed by atoms with van der Waals surface area (Å²) in [6.07, 6.45) is 4.57. The molecule has 2 aliphatic carbocycles. The van der Waals surface area contributed by atoms with E-state index in [4.69, 9.17) is 11.6 Å². The third-order valence-corrected chi connectivity index (χ3v) is 8.01. The highest BCUT2D eigenvalue weighted by Gasteiger charge is 2.66. The van der Waals surface area contributed by atoms with Crippen LogP contribution in [0.15, 0.2) is 36.5 Å². The molecule has 2 heteroatoms. The Hall–Kier alpha value is -2.40. The summed E-state index contributed by atoms with van der Waals surface area (Å²) in [4.78, 5) is 8.75. The first-order chi connectivity index (χ1) is 11.8. The molecule has 3 aromatic rings. The van der Waals surface area contributed by atoms with Crippen LogP contribution in [0, 0.1) is 12.0 Å². The fourth-order valence-electron chi connectivity index (χ4n) is 5.76. The first kappa shape index (κ1) is 14.9. The van der Waals surface area contributed by atoms with Gasteiger partial charge in [0, 0.05) is 11.6 Å². The van der Waals surface area contributed by atoms with Gasteiger partial charge < -0.3 is 0 Å². The number of rotatable bonds is 0. The van der Waals surface area contributed by atoms with Crippen molar-refractivity contribution in [2.75, 3.05) is 0 Å². The summed E-state index contributed by atoms with van der Waals surface area (Å²) >= 11 is 0. The Morgan fingerprint density at radius 1 is 0.960 bits per heavy atom. The third kappa shape index (κ3) is 1.41. The van der Waals surface area contributed by atoms with Gasteiger partial charge in [0.2, 0.25) is 0 Å². The van der Waals surface area contributed by atoms with Crippen molar-refractivity contribution >= 4 is 27.4 Å². The predicted octanol–water partition coefficient (Wildman–Crippen LogP) is 6.29. The van der Waals surface area contributed by atoms with Crippen molar-refractivity contribution < 1.29 is 0 Å². The van der Waals surface area contributed by atoms with Gasteiger partial charge in [0.25, 0.3) is 0 Å². The zero-order valence-corrected chi connectivity index (χ0v) is 15.3. The highest BCUT2D eigenvalue weighted by Crippen LogP contribution is 2.71. The van der Waals surface area contributed by atoms with Gasteiger partial charge in [0.15, 0.2) is 5.69 Å². The van der Waals surface area contributed by atoms with E-state index in [1.807, 2.05) is 18.2 Å². The Labute approximate surface area is 148 Å². The summed E-state index contributed by atoms with van der Waals surface area (Å²) in [5.74, 6) is 0. The summed E-state index contributed by atoms with van der Waals surface area (Å²) in [6.45, 7) is 17.3. The smallest absolute Gasteiger partial charge is 0.195 e. The van der Waals surface area contributed by atoms with E-state index in [1.54, 1.807) is 0 Å². The van der Waals surface area contributed by atoms with Gasteiger partial charge in [0.1, 0.15) is 0 Å². The molecule has 1 fully saturated rings. The van der Waals surface area contributed by atoms with Gasteiger partial charge in [-0.1, -0.05) is 52.0 Å². The fourth-order valence-corrected chi connectivity index (χ4v) is 5.76. The summed E-state index contributed by atoms with van der Waals surface area (Å²) in [5.41, 5.74) is 5.16. The molecular formula is C23H22N2. The number of benzene rings is 2. The lowest BCUT2D eigenvalue weighted by atomic mass is 9.64. The molecule has 2 aliphatic rings. The Bertz CT molecular complexity index is 1120. The van der Waals surface area contributed by atoms with E-state index in [0.29, 0.717) is 0 Å². The maximum Gasteiger partial charge on any atom is 0.195 e. The fraction of sp³-hybridized carbons (Fsp3) is 0.391. The van der Waals surface area contributed by atoms with Crippen molar-refractivity contribution in [3.63, 3.8) is 0 Å². The molecule has 1 saturated carbocycles. The minimum atomic E-state index is 0.139. The Morgan fingerprint density at radius 3 is 2.36 bits per heavy atom. The summed E-state index contributed by atoms with van der Waals surface area (Å²) in [6, 6.07) is 10.3. The predicted molar refractivity (Wildman–Crippen MR) is 103 cm³/mol. The van der Waals surface area contributed by atoms with Crippen LogP contribution in [0.5, 0.6) is 0 Å². The minimum Gasteiger partial charge on any atom is -0.255 e. The zero-order chi connectivity index (χ0) is 17.6. The van der Waals surface area contributed by atoms with Crippen molar-refractivity contribution in [3.8, 4) is 0 Å². The number of nitrogens with zero attached hydrogens (tertiary/aromatic N) is 2. The van der Waals surface area contributed by atoms with Gasteiger partial charge in [0.05, 0.1) is 12.1 Å². The molecule has 124 valence electrons. The lowest BCUT2D eigenvalue weighted by molar-refractivity contribution is 0.172. The van der Waals surface area contributed by atoms with Crippen LogP contribution in [0.4, 0.5) is 5.69 Å². The molecular weight excluding hydrogens is 304 g/mol. The van der Waals surface area contributed by atoms with E-state index >= 15 is 0 Å². The van der Waals surface area contributed by atoms with Crippen molar-refractivity contribution in [3.05, 3.63) is 59.1 Å². The maximum atomic E-state index is 7.67. The van der Waals surface area contributed by atoms with Crippen LogP contribution in [-0.2, 0) is 10.8 Å². The normalized spacial score (nSPS) is 29.1. The van der Waals surface area contributed by atoms with Gasteiger partial charge in [-0.2, -0.15) is 0 Å². The highest BCUT2D eigenvalue weighted by atomic mass is 14.8. The summed E-state index contributed by atoms with van der Waals surface area (Å²) < 4.78 is 0. The summed E-state index contributed by atoms with van der Waals surface area (Å²) in [7, 11) is 0. The highest BCUT2D eigenvalue weighted by molar-refractivity contribution is 6.12. The van der Waals surface area contributed by atoms with Crippen LogP contribution in [0.3, 0.4) is 0 Å². The molecule has 0 radical (unpaired) electrons. The van der Waals surface area contributed by atoms with Crippen molar-refractivity contribution in [1.82, 2.24) is 4.98 Å². The molecule has 5 rings (SSSR count). The first-order valence-corrected chi connectivity index (χ1v) is 9.08. The SMILES string of the molecule is [C-]#[N+]c1cc2c3c(cnc2c2ccccc12)C1(C)CCC3(C)C1(C)C. The van der Waals surface area contributed by atoms with E-state index in [2.05, 4.69) is 50.9 Å². The number of hydrogen-bond acceptors (Lipinski definition) is 1. The van der Waals surface area contributed by atoms with Crippen LogP contribution in [0.25, 0.3) is 26.5 Å². The average Bonchev–Trinajstić information content (AvgIpc) is 2.88. The molecule has 0 saturated heterocycles. The van der Waals surface area contributed by atoms with Gasteiger partial charge in [-0.15, -0.1) is 0 Å². The van der Waals surface area contributed by atoms with E-state index in [1.165, 1.54) is 29.4 Å². The second-order valence-corrected chi connectivity index (χ2v) is 8.79. The van der Waals surface area contributed by atoms with Gasteiger partial charge in [-0.25, -0.2) is 4.85 Å². The van der Waals surface area contributed by atoms with Crippen LogP contribution in [0.2, 0.25) is 0 Å². The standard InChI is InChI=1S/C23H22N2/c1-21(2)22(3)10-11-23(21,4)19-16-12-18(24-5)14-8-6-7-9-15(14)20(16)25-13-17(19)22/h6-9,12-13H,10-11H2,1-4H3. The van der Waals surface area contributed by atoms with E-state index in [0.717, 1.165) is 22.0 Å². The van der Waals surface area contributed by atoms with E-state index in [-0.39, 0.29) is 16.2 Å². The second-order valence-electron chi connectivity index (χ2n) is 8.79. The number of pyridine rings is 1. The van der Waals surface area contributed by atoms with Crippen LogP contribution in [0.1, 0.15) is 51.7 Å². The molecule has 0 N–H and O–H groups in total. The van der Waals surface area contributed by atoms with E-state index < -0.39 is 0 Å². The Balaban J connectivity index is 2.02. The maximum absolute atomic E-state index is 7.67. The minimum absolute atomic E-state index is 0.139. The molecule has 2 aromatic carbocycles. The van der Waals surface area contributed by atoms with Crippen LogP contribution in [-0.4, -0.2) is 4.98 Å². The van der Waals surface area contributed by atoms with E-state index in [9.17, 15) is 0 Å². The third-order valence-electron chi connectivity index (χ3n) is 8.01. The molecule has 2 bridgehead atoms. The second kappa shape index (κ2) is 4.22. The number of aromatic nitrogens is 1. The molecule has 1 aromatic heterocycles. The molecule has 2 nitrogen and oxygen atoms in total. The Kier molecular flexibility index (Phi) is 2.52. The molecule has 2 unspecified atom stereocenters. The quantitative estimate of drug-likeness (QED) is 0.350. The van der Waals surface area contributed by atoms with Gasteiger partial charge >= 0.3 is 0 Å². The monoisotopic (exact) mass is 326 g/mol. The number of hydrogen-bond donors (Lipinski definition) is 0. The molecule has 2 atom stereocenters. The molecule has 1 heterocycles. The van der Waals surface area contributed by atoms with Crippen molar-refractivity contribution in [1.29, 1.82) is 0 Å². The lowest BCUT2D eigenvalue weighted by Gasteiger charge is -2.39. The molecule has 0 aliphatic heterocycles. The molecule has 0 spiro atoms. The largest absolute Gasteiger partial charge is 0.255 e. The van der Waals surface area contributed by atoms with Crippen molar-refractivity contribution in [2.24, 2.45) is 5.41 Å². The van der Waals surface area contributed by atoms with Crippen LogP contribution < -0.4 is 0 Å². The molecule has 0 amide bonds. The number of fused-ring (bicyclic) bond motifs is 9. The molecule has 25 heavy (non-hydrogen) atoms. The van der Waals surface area contributed by atoms with Crippen LogP contribution >= 0.6 is 0 Å². The van der Waals surface area contributed by atoms with Crippen molar-refractivity contribution in [2.45, 2.75) is 51.4 Å². The topological polar surface area (TPSA) is 17.2 Å². The Morgan fingerprint density at radius 2 is 1.64 bits per heavy atom. The zero-order valence-electron chi connectivity index (χ0n) is 15.3. The average molecular weight is 326 g/mol. The summed E-state index contributed by atoms with van der Waals surface area (Å²) in [5, 5.41) is 3.31. The van der Waals surface area contributed by atoms with Gasteiger partial charge in [-0.05, 0) is 57.0 Å². The first-order valence-electron chi connectivity index (χ1n) is 9.08. The van der Waals surface area contributed by atoms with Gasteiger partial charge in [-0.3, -0.25) is 4.98 Å². The lowest BCUT2D eigenvalue weighted by Crippen LogP contribution is -2.37.